The van der Waals surface area contributed by atoms with Gasteiger partial charge in [0.2, 0.25) is 11.8 Å². The fraction of sp³-hybridized carbons (Fsp3) is 0.579. The highest BCUT2D eigenvalue weighted by molar-refractivity contribution is 5.99. The Morgan fingerprint density at radius 1 is 1.07 bits per heavy atom. The molecule has 0 unspecified atom stereocenters. The summed E-state index contributed by atoms with van der Waals surface area (Å²) in [4.78, 5) is 26.8. The molecule has 0 bridgehead atoms. The Kier molecular flexibility index (Phi) is 11.0. The molecule has 2 aliphatic heterocycles. The van der Waals surface area contributed by atoms with E-state index >= 15 is 0 Å². The van der Waals surface area contributed by atoms with E-state index in [0.29, 0.717) is 51.5 Å². The van der Waals surface area contributed by atoms with Gasteiger partial charge in [0.25, 0.3) is 0 Å². The van der Waals surface area contributed by atoms with Gasteiger partial charge in [-0.3, -0.25) is 14.5 Å². The highest BCUT2D eigenvalue weighted by atomic mass is 35.5. The first kappa shape index (κ1) is 26.5. The van der Waals surface area contributed by atoms with Crippen LogP contribution in [0.2, 0.25) is 0 Å². The number of ether oxygens (including phenoxy) is 2. The lowest BCUT2D eigenvalue weighted by atomic mass is 9.90. The Hall–Kier alpha value is -1.49. The van der Waals surface area contributed by atoms with Crippen LogP contribution in [0, 0.1) is 5.82 Å². The van der Waals surface area contributed by atoms with Crippen molar-refractivity contribution < 1.29 is 23.5 Å². The van der Waals surface area contributed by atoms with E-state index in [1.807, 2.05) is 0 Å². The molecule has 0 saturated carbocycles. The number of carbonyl (C=O) groups excluding carboxylic acids is 2. The predicted octanol–water partition coefficient (Wildman–Crippen LogP) is 1.78. The Morgan fingerprint density at radius 2 is 1.70 bits per heavy atom. The number of carbonyl (C=O) groups is 2. The monoisotopic (exact) mass is 466 g/mol. The molecule has 0 radical (unpaired) electrons. The summed E-state index contributed by atoms with van der Waals surface area (Å²) >= 11 is 0. The van der Waals surface area contributed by atoms with Crippen molar-refractivity contribution in [3.63, 3.8) is 0 Å². The molecule has 1 aromatic rings. The number of hydrogen-bond acceptors (Lipinski definition) is 6. The number of anilines is 2. The second-order valence-electron chi connectivity index (χ2n) is 7.17. The third-order valence-corrected chi connectivity index (χ3v) is 5.09. The van der Waals surface area contributed by atoms with E-state index in [4.69, 9.17) is 15.2 Å². The maximum absolute atomic E-state index is 14.1. The van der Waals surface area contributed by atoms with E-state index in [-0.39, 0.29) is 48.7 Å². The van der Waals surface area contributed by atoms with Crippen LogP contribution in [0.4, 0.5) is 15.8 Å². The van der Waals surface area contributed by atoms with Crippen LogP contribution in [-0.2, 0) is 19.1 Å². The molecule has 0 aliphatic carbocycles. The van der Waals surface area contributed by atoms with Crippen LogP contribution < -0.4 is 16.4 Å². The zero-order chi connectivity index (χ0) is 20.0. The van der Waals surface area contributed by atoms with Crippen molar-refractivity contribution in [3.05, 3.63) is 24.0 Å². The molecule has 0 aromatic heterocycles. The lowest BCUT2D eigenvalue weighted by Crippen LogP contribution is -2.54. The minimum atomic E-state index is -1.01. The van der Waals surface area contributed by atoms with Gasteiger partial charge in [0.15, 0.2) is 0 Å². The summed E-state index contributed by atoms with van der Waals surface area (Å²) in [6.07, 6.45) is 1.10. The van der Waals surface area contributed by atoms with Gasteiger partial charge in [0, 0.05) is 45.0 Å². The molecule has 0 spiro atoms. The summed E-state index contributed by atoms with van der Waals surface area (Å²) in [5.41, 5.74) is 5.57. The van der Waals surface area contributed by atoms with Gasteiger partial charge in [-0.25, -0.2) is 4.39 Å². The predicted molar refractivity (Wildman–Crippen MR) is 117 cm³/mol. The number of nitrogens with two attached hydrogens (primary N) is 1. The first-order valence-electron chi connectivity index (χ1n) is 9.54. The molecule has 8 nitrogen and oxygen atoms in total. The van der Waals surface area contributed by atoms with Crippen molar-refractivity contribution in [1.82, 2.24) is 4.90 Å². The van der Waals surface area contributed by atoms with E-state index in [1.54, 1.807) is 0 Å². The van der Waals surface area contributed by atoms with E-state index in [1.165, 1.54) is 18.2 Å². The van der Waals surface area contributed by atoms with Crippen LogP contribution in [0.1, 0.15) is 19.3 Å². The van der Waals surface area contributed by atoms with Crippen LogP contribution in [-0.4, -0.2) is 68.3 Å². The van der Waals surface area contributed by atoms with Crippen molar-refractivity contribution in [3.8, 4) is 0 Å². The minimum Gasteiger partial charge on any atom is -0.381 e. The van der Waals surface area contributed by atoms with Gasteiger partial charge < -0.3 is 25.8 Å². The van der Waals surface area contributed by atoms with Crippen molar-refractivity contribution >= 4 is 48.0 Å². The van der Waals surface area contributed by atoms with Gasteiger partial charge in [-0.05, 0) is 31.0 Å². The van der Waals surface area contributed by atoms with E-state index in [2.05, 4.69) is 15.5 Å². The van der Waals surface area contributed by atoms with Crippen LogP contribution in [0.5, 0.6) is 0 Å². The van der Waals surface area contributed by atoms with Crippen molar-refractivity contribution in [1.29, 1.82) is 0 Å². The fourth-order valence-corrected chi connectivity index (χ4v) is 3.21. The third-order valence-electron chi connectivity index (χ3n) is 5.09. The quantitative estimate of drug-likeness (QED) is 0.589. The summed E-state index contributed by atoms with van der Waals surface area (Å²) in [5.74, 6) is -1.19. The molecular weight excluding hydrogens is 438 g/mol. The Balaban J connectivity index is 0.00000225. The number of nitrogens with zero attached hydrogens (tertiary/aromatic N) is 1. The molecule has 3 rings (SSSR count). The summed E-state index contributed by atoms with van der Waals surface area (Å²) in [7, 11) is 0. The molecule has 0 atom stereocenters. The fourth-order valence-electron chi connectivity index (χ4n) is 3.21. The number of hydrogen-bond donors (Lipinski definition) is 3. The highest BCUT2D eigenvalue weighted by Crippen LogP contribution is 2.23. The average molecular weight is 467 g/mol. The normalized spacial score (nSPS) is 18.5. The van der Waals surface area contributed by atoms with E-state index in [0.717, 1.165) is 13.1 Å². The number of amides is 2. The summed E-state index contributed by atoms with van der Waals surface area (Å²) in [6, 6.07) is 4.06. The van der Waals surface area contributed by atoms with Crippen molar-refractivity contribution in [2.75, 3.05) is 56.7 Å². The molecule has 4 N–H and O–H groups in total. The van der Waals surface area contributed by atoms with Gasteiger partial charge in [0.1, 0.15) is 11.4 Å². The molecule has 2 fully saturated rings. The Bertz CT molecular complexity index is 714. The summed E-state index contributed by atoms with van der Waals surface area (Å²) in [5, 5.41) is 5.30. The van der Waals surface area contributed by atoms with Gasteiger partial charge >= 0.3 is 0 Å². The number of benzene rings is 1. The second-order valence-corrected chi connectivity index (χ2v) is 7.17. The van der Waals surface area contributed by atoms with Crippen molar-refractivity contribution in [2.45, 2.75) is 24.8 Å². The van der Waals surface area contributed by atoms with Crippen LogP contribution in [0.15, 0.2) is 18.2 Å². The largest absolute Gasteiger partial charge is 0.381 e. The molecule has 2 heterocycles. The first-order valence-corrected chi connectivity index (χ1v) is 9.54. The standard InChI is InChI=1S/C19H27FN4O4.2ClH/c20-15-2-1-14(22-18(26)19(21)4-9-27-10-5-19)13-16(15)23-17(25)3-6-24-7-11-28-12-8-24;;/h1-2,13H,3-12,21H2,(H,22,26)(H,23,25);2*1H. The Morgan fingerprint density at radius 3 is 2.37 bits per heavy atom. The maximum atomic E-state index is 14.1. The first-order chi connectivity index (χ1) is 13.5. The van der Waals surface area contributed by atoms with Gasteiger partial charge in [-0.2, -0.15) is 0 Å². The number of rotatable bonds is 6. The van der Waals surface area contributed by atoms with Gasteiger partial charge in [-0.15, -0.1) is 24.8 Å². The summed E-state index contributed by atoms with van der Waals surface area (Å²) < 4.78 is 24.6. The summed E-state index contributed by atoms with van der Waals surface area (Å²) in [6.45, 7) is 4.34. The smallest absolute Gasteiger partial charge is 0.244 e. The molecule has 2 amide bonds. The average Bonchev–Trinajstić information content (AvgIpc) is 2.70. The molecular formula is C19H29Cl2FN4O4. The van der Waals surface area contributed by atoms with Crippen LogP contribution >= 0.6 is 24.8 Å². The minimum absolute atomic E-state index is 0. The number of morpholine rings is 1. The second kappa shape index (κ2) is 12.4. The van der Waals surface area contributed by atoms with E-state index in [9.17, 15) is 14.0 Å². The van der Waals surface area contributed by atoms with Crippen LogP contribution in [0.3, 0.4) is 0 Å². The lowest BCUT2D eigenvalue weighted by Gasteiger charge is -2.31. The topological polar surface area (TPSA) is 106 Å². The lowest BCUT2D eigenvalue weighted by molar-refractivity contribution is -0.124. The Labute approximate surface area is 187 Å². The van der Waals surface area contributed by atoms with Crippen molar-refractivity contribution in [2.24, 2.45) is 5.73 Å². The number of nitrogens with one attached hydrogen (secondary N) is 2. The maximum Gasteiger partial charge on any atom is 0.244 e. The van der Waals surface area contributed by atoms with E-state index < -0.39 is 11.4 Å². The van der Waals surface area contributed by atoms with Crippen LogP contribution in [0.25, 0.3) is 0 Å². The molecule has 11 heteroatoms. The van der Waals surface area contributed by atoms with Gasteiger partial charge in [-0.1, -0.05) is 0 Å². The molecule has 170 valence electrons. The van der Waals surface area contributed by atoms with Gasteiger partial charge in [0.05, 0.1) is 18.9 Å². The zero-order valence-corrected chi connectivity index (χ0v) is 18.3. The molecule has 2 aliphatic rings. The zero-order valence-electron chi connectivity index (χ0n) is 16.7. The molecule has 2 saturated heterocycles. The molecule has 1 aromatic carbocycles. The third kappa shape index (κ3) is 7.33. The highest BCUT2D eigenvalue weighted by Gasteiger charge is 2.36. The SMILES string of the molecule is Cl.Cl.NC1(C(=O)Nc2ccc(F)c(NC(=O)CCN3CCOCC3)c2)CCOCC1. The molecule has 30 heavy (non-hydrogen) atoms. The number of halogens is 3.